The number of benzene rings is 1. The molecule has 1 unspecified atom stereocenters. The number of hydrogen-bond acceptors (Lipinski definition) is 4. The Morgan fingerprint density at radius 1 is 1.32 bits per heavy atom. The maximum atomic E-state index is 13.6. The summed E-state index contributed by atoms with van der Waals surface area (Å²) in [5.41, 5.74) is 1.03. The summed E-state index contributed by atoms with van der Waals surface area (Å²) in [6.45, 7) is 9.75. The number of aryl methyl sites for hydroxylation is 2. The minimum Gasteiger partial charge on any atom is -0.486 e. The SMILES string of the molecule is CCNC(=NCc1sc(C)nc1C)NCC(C)Oc1ccccc1F. The normalized spacial score (nSPS) is 12.8. The number of ether oxygens (including phenoxy) is 1. The average Bonchev–Trinajstić information content (AvgIpc) is 2.90. The molecule has 136 valence electrons. The second-order valence-corrected chi connectivity index (χ2v) is 6.96. The molecule has 2 N–H and O–H groups in total. The molecule has 1 atom stereocenters. The van der Waals surface area contributed by atoms with Crippen molar-refractivity contribution in [2.45, 2.75) is 40.3 Å². The lowest BCUT2D eigenvalue weighted by molar-refractivity contribution is 0.214. The van der Waals surface area contributed by atoms with Crippen molar-refractivity contribution in [2.75, 3.05) is 13.1 Å². The summed E-state index contributed by atoms with van der Waals surface area (Å²) in [7, 11) is 0. The van der Waals surface area contributed by atoms with Gasteiger partial charge < -0.3 is 15.4 Å². The highest BCUT2D eigenvalue weighted by molar-refractivity contribution is 7.11. The lowest BCUT2D eigenvalue weighted by atomic mass is 10.3. The molecule has 0 bridgehead atoms. The van der Waals surface area contributed by atoms with Gasteiger partial charge in [0, 0.05) is 11.4 Å². The molecule has 0 saturated carbocycles. The van der Waals surface area contributed by atoms with Gasteiger partial charge in [0.15, 0.2) is 17.5 Å². The Morgan fingerprint density at radius 2 is 2.08 bits per heavy atom. The first-order valence-corrected chi connectivity index (χ1v) is 9.17. The number of nitrogens with zero attached hydrogens (tertiary/aromatic N) is 2. The van der Waals surface area contributed by atoms with E-state index in [-0.39, 0.29) is 17.7 Å². The van der Waals surface area contributed by atoms with E-state index < -0.39 is 0 Å². The van der Waals surface area contributed by atoms with Crippen molar-refractivity contribution >= 4 is 17.3 Å². The van der Waals surface area contributed by atoms with E-state index in [2.05, 4.69) is 20.6 Å². The third kappa shape index (κ3) is 6.01. The van der Waals surface area contributed by atoms with E-state index in [9.17, 15) is 4.39 Å². The summed E-state index contributed by atoms with van der Waals surface area (Å²) in [5, 5.41) is 7.48. The Morgan fingerprint density at radius 3 is 2.72 bits per heavy atom. The van der Waals surface area contributed by atoms with Gasteiger partial charge in [0.25, 0.3) is 0 Å². The number of halogens is 1. The first kappa shape index (κ1) is 19.2. The number of para-hydroxylation sites is 1. The highest BCUT2D eigenvalue weighted by atomic mass is 32.1. The lowest BCUT2D eigenvalue weighted by Crippen LogP contribution is -2.41. The second-order valence-electron chi connectivity index (χ2n) is 5.68. The van der Waals surface area contributed by atoms with Crippen LogP contribution >= 0.6 is 11.3 Å². The summed E-state index contributed by atoms with van der Waals surface area (Å²) in [6, 6.07) is 6.41. The molecule has 0 radical (unpaired) electrons. The van der Waals surface area contributed by atoms with E-state index >= 15 is 0 Å². The third-order valence-electron chi connectivity index (χ3n) is 3.45. The molecule has 25 heavy (non-hydrogen) atoms. The molecule has 1 aromatic heterocycles. The Bertz CT molecular complexity index is 717. The molecule has 0 saturated heterocycles. The zero-order chi connectivity index (χ0) is 18.2. The fraction of sp³-hybridized carbons (Fsp3) is 0.444. The zero-order valence-electron chi connectivity index (χ0n) is 15.1. The molecule has 0 aliphatic heterocycles. The molecule has 7 heteroatoms. The van der Waals surface area contributed by atoms with Gasteiger partial charge in [0.2, 0.25) is 0 Å². The molecule has 0 aliphatic rings. The van der Waals surface area contributed by atoms with Crippen LogP contribution in [-0.2, 0) is 6.54 Å². The van der Waals surface area contributed by atoms with Crippen LogP contribution in [0.15, 0.2) is 29.3 Å². The second kappa shape index (κ2) is 9.36. The molecule has 0 fully saturated rings. The highest BCUT2D eigenvalue weighted by Gasteiger charge is 2.09. The minimum absolute atomic E-state index is 0.201. The van der Waals surface area contributed by atoms with E-state index in [1.165, 1.54) is 6.07 Å². The smallest absolute Gasteiger partial charge is 0.191 e. The number of guanidine groups is 1. The molecular formula is C18H25FN4OS. The molecule has 0 spiro atoms. The van der Waals surface area contributed by atoms with Crippen LogP contribution in [0.3, 0.4) is 0 Å². The lowest BCUT2D eigenvalue weighted by Gasteiger charge is -2.18. The van der Waals surface area contributed by atoms with Crippen LogP contribution in [0.4, 0.5) is 4.39 Å². The van der Waals surface area contributed by atoms with Crippen molar-refractivity contribution in [3.8, 4) is 5.75 Å². The van der Waals surface area contributed by atoms with Crippen molar-refractivity contribution in [3.05, 3.63) is 45.7 Å². The standard InChI is InChI=1S/C18H25FN4OS/c1-5-20-18(22-11-17-13(3)23-14(4)25-17)21-10-12(2)24-16-9-7-6-8-15(16)19/h6-9,12H,5,10-11H2,1-4H3,(H2,20,21,22). The first-order chi connectivity index (χ1) is 12.0. The number of aliphatic imine (C=N–C) groups is 1. The van der Waals surface area contributed by atoms with Crippen molar-refractivity contribution in [2.24, 2.45) is 4.99 Å². The van der Waals surface area contributed by atoms with E-state index in [0.717, 1.165) is 22.1 Å². The van der Waals surface area contributed by atoms with Crippen LogP contribution in [0.25, 0.3) is 0 Å². The topological polar surface area (TPSA) is 58.5 Å². The van der Waals surface area contributed by atoms with Crippen LogP contribution in [0, 0.1) is 19.7 Å². The van der Waals surface area contributed by atoms with Gasteiger partial charge in [0.05, 0.1) is 23.8 Å². The van der Waals surface area contributed by atoms with Crippen molar-refractivity contribution in [1.82, 2.24) is 15.6 Å². The Balaban J connectivity index is 1.91. The van der Waals surface area contributed by atoms with Crippen LogP contribution in [0.2, 0.25) is 0 Å². The molecule has 5 nitrogen and oxygen atoms in total. The summed E-state index contributed by atoms with van der Waals surface area (Å²) < 4.78 is 19.3. The molecule has 1 heterocycles. The maximum Gasteiger partial charge on any atom is 0.191 e. The van der Waals surface area contributed by atoms with Gasteiger partial charge in [0.1, 0.15) is 6.10 Å². The van der Waals surface area contributed by atoms with Gasteiger partial charge in [-0.05, 0) is 39.8 Å². The predicted octanol–water partition coefficient (Wildman–Crippen LogP) is 3.42. The number of aromatic nitrogens is 1. The number of thiazole rings is 1. The molecule has 0 aliphatic carbocycles. The summed E-state index contributed by atoms with van der Waals surface area (Å²) in [5.74, 6) is 0.609. The van der Waals surface area contributed by atoms with Crippen LogP contribution in [0.5, 0.6) is 5.75 Å². The fourth-order valence-electron chi connectivity index (χ4n) is 2.25. The van der Waals surface area contributed by atoms with Crippen LogP contribution in [-0.4, -0.2) is 30.1 Å². The fourth-order valence-corrected chi connectivity index (χ4v) is 3.11. The van der Waals surface area contributed by atoms with Crippen LogP contribution in [0.1, 0.15) is 29.4 Å². The largest absolute Gasteiger partial charge is 0.486 e. The summed E-state index contributed by atoms with van der Waals surface area (Å²) in [4.78, 5) is 10.2. The van der Waals surface area contributed by atoms with Gasteiger partial charge in [-0.25, -0.2) is 14.4 Å². The van der Waals surface area contributed by atoms with E-state index in [0.29, 0.717) is 19.0 Å². The maximum absolute atomic E-state index is 13.6. The third-order valence-corrected chi connectivity index (χ3v) is 4.50. The minimum atomic E-state index is -0.356. The molecular weight excluding hydrogens is 339 g/mol. The van der Waals surface area contributed by atoms with Gasteiger partial charge in [-0.1, -0.05) is 12.1 Å². The highest BCUT2D eigenvalue weighted by Crippen LogP contribution is 2.18. The number of rotatable bonds is 7. The summed E-state index contributed by atoms with van der Waals surface area (Å²) in [6.07, 6.45) is -0.201. The van der Waals surface area contributed by atoms with Crippen LogP contribution < -0.4 is 15.4 Å². The Labute approximate surface area is 152 Å². The van der Waals surface area contributed by atoms with E-state index in [1.54, 1.807) is 29.5 Å². The van der Waals surface area contributed by atoms with Gasteiger partial charge in [-0.15, -0.1) is 11.3 Å². The summed E-state index contributed by atoms with van der Waals surface area (Å²) >= 11 is 1.66. The quantitative estimate of drug-likeness (QED) is 0.584. The molecule has 2 rings (SSSR count). The predicted molar refractivity (Wildman–Crippen MR) is 101 cm³/mol. The first-order valence-electron chi connectivity index (χ1n) is 8.35. The van der Waals surface area contributed by atoms with Crippen molar-refractivity contribution in [1.29, 1.82) is 0 Å². The van der Waals surface area contributed by atoms with Gasteiger partial charge in [-0.3, -0.25) is 0 Å². The monoisotopic (exact) mass is 364 g/mol. The zero-order valence-corrected chi connectivity index (χ0v) is 15.9. The number of nitrogens with one attached hydrogen (secondary N) is 2. The Hall–Kier alpha value is -2.15. The molecule has 1 aromatic carbocycles. The van der Waals surface area contributed by atoms with Crippen molar-refractivity contribution < 1.29 is 9.13 Å². The van der Waals surface area contributed by atoms with Gasteiger partial charge in [-0.2, -0.15) is 0 Å². The van der Waals surface area contributed by atoms with Gasteiger partial charge >= 0.3 is 0 Å². The average molecular weight is 364 g/mol. The van der Waals surface area contributed by atoms with Crippen molar-refractivity contribution in [3.63, 3.8) is 0 Å². The molecule has 2 aromatic rings. The van der Waals surface area contributed by atoms with E-state index in [1.807, 2.05) is 27.7 Å². The Kier molecular flexibility index (Phi) is 7.18. The van der Waals surface area contributed by atoms with E-state index in [4.69, 9.17) is 4.74 Å². The number of hydrogen-bond donors (Lipinski definition) is 2. The molecule has 0 amide bonds.